The fourth-order valence-corrected chi connectivity index (χ4v) is 1.57. The van der Waals surface area contributed by atoms with Gasteiger partial charge in [0.15, 0.2) is 0 Å². The lowest BCUT2D eigenvalue weighted by molar-refractivity contribution is 0.149. The van der Waals surface area contributed by atoms with E-state index in [0.717, 1.165) is 0 Å². The highest BCUT2D eigenvalue weighted by Gasteiger charge is 2.20. The number of rotatable bonds is 2. The molecule has 1 aromatic heterocycles. The maximum absolute atomic E-state index is 12.6. The van der Waals surface area contributed by atoms with Crippen LogP contribution in [-0.2, 0) is 6.42 Å². The molecule has 76 valence electrons. The van der Waals surface area contributed by atoms with Crippen molar-refractivity contribution in [2.45, 2.75) is 12.8 Å². The third-order valence-electron chi connectivity index (χ3n) is 1.75. The highest BCUT2D eigenvalue weighted by molar-refractivity contribution is 9.10. The summed E-state index contributed by atoms with van der Waals surface area (Å²) in [5, 5.41) is 17.2. The lowest BCUT2D eigenvalue weighted by atomic mass is 10.0. The number of aromatic nitrogens is 1. The van der Waals surface area contributed by atoms with E-state index in [9.17, 15) is 8.78 Å². The van der Waals surface area contributed by atoms with E-state index in [2.05, 4.69) is 20.9 Å². The molecule has 0 aliphatic carbocycles. The molecule has 0 bridgehead atoms. The summed E-state index contributed by atoms with van der Waals surface area (Å²) in [6, 6.07) is 3.46. The molecule has 0 aromatic carbocycles. The van der Waals surface area contributed by atoms with E-state index in [0.29, 0.717) is 0 Å². The normalized spacial score (nSPS) is 9.73. The van der Waals surface area contributed by atoms with Gasteiger partial charge >= 0.3 is 0 Å². The van der Waals surface area contributed by atoms with Crippen molar-refractivity contribution >= 4 is 15.9 Å². The van der Waals surface area contributed by atoms with Gasteiger partial charge in [-0.3, -0.25) is 0 Å². The first kappa shape index (κ1) is 11.5. The van der Waals surface area contributed by atoms with Crippen LogP contribution in [-0.4, -0.2) is 4.98 Å². The van der Waals surface area contributed by atoms with Crippen molar-refractivity contribution in [2.24, 2.45) is 0 Å². The minimum atomic E-state index is -2.79. The average molecular weight is 272 g/mol. The molecule has 0 amide bonds. The molecule has 0 aliphatic rings. The van der Waals surface area contributed by atoms with Gasteiger partial charge in [0.25, 0.3) is 6.43 Å². The fourth-order valence-electron chi connectivity index (χ4n) is 1.10. The van der Waals surface area contributed by atoms with Gasteiger partial charge in [0.2, 0.25) is 0 Å². The molecule has 0 atom stereocenters. The second-order valence-corrected chi connectivity index (χ2v) is 3.36. The van der Waals surface area contributed by atoms with Crippen molar-refractivity contribution < 1.29 is 8.78 Å². The molecule has 6 heteroatoms. The van der Waals surface area contributed by atoms with Gasteiger partial charge in [0, 0.05) is 11.8 Å². The van der Waals surface area contributed by atoms with Crippen LogP contribution in [0.1, 0.15) is 23.1 Å². The predicted molar refractivity (Wildman–Crippen MR) is 50.9 cm³/mol. The first-order valence-corrected chi connectivity index (χ1v) is 4.63. The summed E-state index contributed by atoms with van der Waals surface area (Å²) >= 11 is 2.85. The number of hydrogen-bond donors (Lipinski definition) is 0. The molecule has 0 spiro atoms. The molecular weight excluding hydrogens is 268 g/mol. The second-order valence-electron chi connectivity index (χ2n) is 2.61. The third kappa shape index (κ3) is 2.28. The molecule has 0 fully saturated rings. The quantitative estimate of drug-likeness (QED) is 0.777. The summed E-state index contributed by atoms with van der Waals surface area (Å²) in [6.07, 6.45) is -1.65. The number of nitrogens with zero attached hydrogens (tertiary/aromatic N) is 3. The van der Waals surface area contributed by atoms with Gasteiger partial charge in [-0.25, -0.2) is 13.8 Å². The SMILES string of the molecule is N#CCc1cnc(Br)c(C(F)F)c1C#N. The Balaban J connectivity index is 3.43. The Morgan fingerprint density at radius 2 is 2.13 bits per heavy atom. The van der Waals surface area contributed by atoms with E-state index >= 15 is 0 Å². The topological polar surface area (TPSA) is 60.5 Å². The summed E-state index contributed by atoms with van der Waals surface area (Å²) < 4.78 is 25.1. The summed E-state index contributed by atoms with van der Waals surface area (Å²) in [5.74, 6) is 0. The zero-order valence-electron chi connectivity index (χ0n) is 7.34. The van der Waals surface area contributed by atoms with Gasteiger partial charge in [-0.15, -0.1) is 0 Å². The largest absolute Gasteiger partial charge is 0.267 e. The molecular formula is C9H4BrF2N3. The highest BCUT2D eigenvalue weighted by atomic mass is 79.9. The lowest BCUT2D eigenvalue weighted by Gasteiger charge is -2.07. The van der Waals surface area contributed by atoms with E-state index in [1.165, 1.54) is 6.20 Å². The van der Waals surface area contributed by atoms with Crippen LogP contribution in [0.15, 0.2) is 10.8 Å². The van der Waals surface area contributed by atoms with Gasteiger partial charge in [-0.2, -0.15) is 10.5 Å². The summed E-state index contributed by atoms with van der Waals surface area (Å²) in [7, 11) is 0. The first-order chi connectivity index (χ1) is 7.11. The molecule has 0 aliphatic heterocycles. The molecule has 0 saturated carbocycles. The molecule has 0 radical (unpaired) electrons. The van der Waals surface area contributed by atoms with Gasteiger partial charge < -0.3 is 0 Å². The molecule has 3 nitrogen and oxygen atoms in total. The lowest BCUT2D eigenvalue weighted by Crippen LogP contribution is -2.00. The minimum Gasteiger partial charge on any atom is -0.248 e. The molecule has 0 N–H and O–H groups in total. The van der Waals surface area contributed by atoms with E-state index in [1.807, 2.05) is 0 Å². The highest BCUT2D eigenvalue weighted by Crippen LogP contribution is 2.30. The van der Waals surface area contributed by atoms with E-state index < -0.39 is 12.0 Å². The molecule has 1 heterocycles. The van der Waals surface area contributed by atoms with Gasteiger partial charge in [-0.1, -0.05) is 0 Å². The van der Waals surface area contributed by atoms with Crippen molar-refractivity contribution in [3.63, 3.8) is 0 Å². The number of hydrogen-bond acceptors (Lipinski definition) is 3. The Morgan fingerprint density at radius 1 is 1.47 bits per heavy atom. The standard InChI is InChI=1S/C9H4BrF2N3/c10-8-7(9(11)12)6(3-14)5(1-2-13)4-15-8/h4,9H,1H2. The molecule has 15 heavy (non-hydrogen) atoms. The van der Waals surface area contributed by atoms with Crippen LogP contribution in [0.4, 0.5) is 8.78 Å². The van der Waals surface area contributed by atoms with Crippen LogP contribution in [0.5, 0.6) is 0 Å². The van der Waals surface area contributed by atoms with Crippen LogP contribution in [0.2, 0.25) is 0 Å². The minimum absolute atomic E-state index is 0.0595. The summed E-state index contributed by atoms with van der Waals surface area (Å²) in [4.78, 5) is 3.66. The molecule has 0 saturated heterocycles. The maximum atomic E-state index is 12.6. The van der Waals surface area contributed by atoms with Crippen LogP contribution in [0.25, 0.3) is 0 Å². The smallest absolute Gasteiger partial charge is 0.248 e. The Hall–Kier alpha value is -1.53. The average Bonchev–Trinajstić information content (AvgIpc) is 2.19. The van der Waals surface area contributed by atoms with Crippen LogP contribution in [0.3, 0.4) is 0 Å². The number of alkyl halides is 2. The summed E-state index contributed by atoms with van der Waals surface area (Å²) in [6.45, 7) is 0. The van der Waals surface area contributed by atoms with Crippen molar-refractivity contribution in [1.82, 2.24) is 4.98 Å². The molecule has 1 rings (SSSR count). The zero-order chi connectivity index (χ0) is 11.4. The van der Waals surface area contributed by atoms with Crippen molar-refractivity contribution in [1.29, 1.82) is 10.5 Å². The molecule has 1 aromatic rings. The van der Waals surface area contributed by atoms with Crippen LogP contribution >= 0.6 is 15.9 Å². The Kier molecular flexibility index (Phi) is 3.70. The van der Waals surface area contributed by atoms with Gasteiger partial charge in [0.05, 0.1) is 23.6 Å². The van der Waals surface area contributed by atoms with Gasteiger partial charge in [0.1, 0.15) is 10.7 Å². The zero-order valence-corrected chi connectivity index (χ0v) is 8.92. The van der Waals surface area contributed by atoms with Crippen LogP contribution < -0.4 is 0 Å². The van der Waals surface area contributed by atoms with Crippen LogP contribution in [0, 0.1) is 22.7 Å². The molecule has 0 unspecified atom stereocenters. The number of pyridine rings is 1. The van der Waals surface area contributed by atoms with Crippen molar-refractivity contribution in [3.8, 4) is 12.1 Å². The second kappa shape index (κ2) is 4.81. The van der Waals surface area contributed by atoms with E-state index in [-0.39, 0.29) is 22.2 Å². The third-order valence-corrected chi connectivity index (χ3v) is 2.38. The maximum Gasteiger partial charge on any atom is 0.267 e. The fraction of sp³-hybridized carbons (Fsp3) is 0.222. The van der Waals surface area contributed by atoms with Crippen molar-refractivity contribution in [2.75, 3.05) is 0 Å². The Morgan fingerprint density at radius 3 is 2.60 bits per heavy atom. The monoisotopic (exact) mass is 271 g/mol. The Labute approximate surface area is 93.1 Å². The van der Waals surface area contributed by atoms with Gasteiger partial charge in [-0.05, 0) is 15.9 Å². The number of halogens is 3. The Bertz CT molecular complexity index is 460. The van der Waals surface area contributed by atoms with Crippen molar-refractivity contribution in [3.05, 3.63) is 27.5 Å². The predicted octanol–water partition coefficient (Wildman–Crippen LogP) is 2.72. The van der Waals surface area contributed by atoms with E-state index in [4.69, 9.17) is 10.5 Å². The first-order valence-electron chi connectivity index (χ1n) is 3.84. The summed E-state index contributed by atoms with van der Waals surface area (Å²) in [5.41, 5.74) is -0.405. The number of nitriles is 2. The van der Waals surface area contributed by atoms with E-state index in [1.54, 1.807) is 12.1 Å².